The van der Waals surface area contributed by atoms with E-state index >= 15 is 0 Å². The highest BCUT2D eigenvalue weighted by atomic mass is 35.5. The fourth-order valence-corrected chi connectivity index (χ4v) is 12.6. The van der Waals surface area contributed by atoms with Gasteiger partial charge in [0.2, 0.25) is 11.8 Å². The van der Waals surface area contributed by atoms with Crippen molar-refractivity contribution in [1.82, 2.24) is 49.6 Å². The van der Waals surface area contributed by atoms with Crippen molar-refractivity contribution in [3.63, 3.8) is 0 Å². The molecular formula is C55H61ClN12O2S2. The summed E-state index contributed by atoms with van der Waals surface area (Å²) in [7, 11) is 0. The number of piperazine rings is 1. The fourth-order valence-electron chi connectivity index (χ4n) is 10.4. The second-order valence-electron chi connectivity index (χ2n) is 19.9. The topological polar surface area (TPSA) is 143 Å². The molecule has 10 rings (SSSR count). The minimum Gasteiger partial charge on any atom is -0.381 e. The molecule has 3 aliphatic heterocycles. The van der Waals surface area contributed by atoms with Crippen LogP contribution in [0.5, 0.6) is 0 Å². The number of nitrogens with zero attached hydrogens (tertiary/aromatic N) is 11. The van der Waals surface area contributed by atoms with Crippen LogP contribution in [0, 0.1) is 39.5 Å². The number of hydrogen-bond donors (Lipinski definition) is 1. The summed E-state index contributed by atoms with van der Waals surface area (Å²) in [4.78, 5) is 52.0. The molecule has 0 radical (unpaired) electrons. The summed E-state index contributed by atoms with van der Waals surface area (Å²) in [6.45, 7) is 24.3. The number of thiophene rings is 1. The van der Waals surface area contributed by atoms with Crippen LogP contribution in [0.1, 0.15) is 103 Å². The van der Waals surface area contributed by atoms with Gasteiger partial charge in [0.25, 0.3) is 0 Å². The molecule has 5 atom stereocenters. The number of aryl methyl sites for hydroxylation is 3. The van der Waals surface area contributed by atoms with Crippen LogP contribution in [-0.4, -0.2) is 101 Å². The van der Waals surface area contributed by atoms with Gasteiger partial charge in [0, 0.05) is 89.0 Å². The van der Waals surface area contributed by atoms with Crippen molar-refractivity contribution in [1.29, 1.82) is 0 Å². The van der Waals surface area contributed by atoms with Gasteiger partial charge in [0.1, 0.15) is 28.7 Å². The minimum atomic E-state index is -0.527. The zero-order valence-electron chi connectivity index (χ0n) is 42.1. The summed E-state index contributed by atoms with van der Waals surface area (Å²) in [6.07, 6.45) is 6.66. The molecule has 2 aromatic carbocycles. The second kappa shape index (κ2) is 20.2. The third-order valence-electron chi connectivity index (χ3n) is 14.5. The molecule has 1 N–H and O–H groups in total. The number of rotatable bonds is 13. The van der Waals surface area contributed by atoms with Crippen LogP contribution in [-0.2, 0) is 9.59 Å². The van der Waals surface area contributed by atoms with Crippen LogP contribution >= 0.6 is 34.3 Å². The number of aliphatic imine (C=N–C) groups is 1. The highest BCUT2D eigenvalue weighted by molar-refractivity contribution is 7.15. The lowest BCUT2D eigenvalue weighted by atomic mass is 9.99. The van der Waals surface area contributed by atoms with E-state index in [1.165, 1.54) is 9.75 Å². The van der Waals surface area contributed by atoms with Crippen LogP contribution in [0.3, 0.4) is 0 Å². The molecule has 2 fully saturated rings. The predicted molar refractivity (Wildman–Crippen MR) is 288 cm³/mol. The van der Waals surface area contributed by atoms with Gasteiger partial charge in [-0.05, 0) is 93.8 Å². The van der Waals surface area contributed by atoms with Gasteiger partial charge in [-0.1, -0.05) is 75.3 Å². The lowest BCUT2D eigenvalue weighted by Crippen LogP contribution is -2.49. The Bertz CT molecular complexity index is 3160. The van der Waals surface area contributed by atoms with E-state index in [-0.39, 0.29) is 36.2 Å². The molecule has 8 heterocycles. The summed E-state index contributed by atoms with van der Waals surface area (Å²) in [5.74, 6) is 2.67. The number of amides is 2. The largest absolute Gasteiger partial charge is 0.381 e. The average Bonchev–Trinajstić information content (AvgIpc) is 4.22. The number of thiazole rings is 1. The number of benzene rings is 2. The average molecular weight is 1020 g/mol. The summed E-state index contributed by atoms with van der Waals surface area (Å²) in [5.41, 5.74) is 11.9. The SMILES string of the molecule is C=C(N[C@@H](C)c1ccc(-c2scnc2C)cc1)[C@@H]1C[C@@H](C)CN1C(=O)[C@@H](C(C)C)n1cc(-c2ccc(N3CCN(C(=O)C[C@@H]4N=C(c5ccc(Cl)cc5)c5c(sc(C)c5C)-n5c(C)nnc54)CC3)nc2)cn1. The third kappa shape index (κ3) is 9.51. The molecule has 17 heteroatoms. The Morgan fingerprint density at radius 1 is 0.875 bits per heavy atom. The van der Waals surface area contributed by atoms with Gasteiger partial charge in [-0.15, -0.1) is 32.9 Å². The number of nitrogens with one attached hydrogen (secondary N) is 1. The molecule has 0 bridgehead atoms. The normalized spacial score (nSPS) is 18.7. The first-order valence-corrected chi connectivity index (χ1v) is 26.9. The quantitative estimate of drug-likeness (QED) is 0.119. The Morgan fingerprint density at radius 3 is 2.28 bits per heavy atom. The Labute approximate surface area is 434 Å². The number of likely N-dealkylation sites (tertiary alicyclic amines) is 1. The number of fused-ring (bicyclic) bond motifs is 3. The first kappa shape index (κ1) is 49.1. The molecule has 72 heavy (non-hydrogen) atoms. The molecule has 372 valence electrons. The van der Waals surface area contributed by atoms with Crippen molar-refractivity contribution in [3.05, 3.63) is 147 Å². The van der Waals surface area contributed by atoms with Gasteiger partial charge in [0.15, 0.2) is 5.82 Å². The van der Waals surface area contributed by atoms with E-state index in [0.717, 1.165) is 79.1 Å². The predicted octanol–water partition coefficient (Wildman–Crippen LogP) is 10.5. The first-order chi connectivity index (χ1) is 34.6. The number of anilines is 1. The van der Waals surface area contributed by atoms with Crippen LogP contribution in [0.25, 0.3) is 26.6 Å². The zero-order valence-corrected chi connectivity index (χ0v) is 44.5. The maximum atomic E-state index is 14.6. The monoisotopic (exact) mass is 1020 g/mol. The zero-order chi connectivity index (χ0) is 50.5. The van der Waals surface area contributed by atoms with Crippen molar-refractivity contribution in [3.8, 4) is 26.6 Å². The van der Waals surface area contributed by atoms with Gasteiger partial charge in [-0.25, -0.2) is 9.97 Å². The molecule has 2 amide bonds. The van der Waals surface area contributed by atoms with Crippen LogP contribution in [0.2, 0.25) is 5.02 Å². The van der Waals surface area contributed by atoms with E-state index in [1.54, 1.807) is 22.7 Å². The lowest BCUT2D eigenvalue weighted by Gasteiger charge is -2.35. The lowest BCUT2D eigenvalue weighted by molar-refractivity contribution is -0.137. The summed E-state index contributed by atoms with van der Waals surface area (Å²) >= 11 is 9.66. The second-order valence-corrected chi connectivity index (χ2v) is 22.4. The van der Waals surface area contributed by atoms with Crippen LogP contribution in [0.4, 0.5) is 5.82 Å². The fraction of sp³-hybridized carbons (Fsp3) is 0.382. The number of carbonyl (C=O) groups excluding carboxylic acids is 2. The minimum absolute atomic E-state index is 0.00684. The Morgan fingerprint density at radius 2 is 1.60 bits per heavy atom. The van der Waals surface area contributed by atoms with Crippen molar-refractivity contribution >= 4 is 57.6 Å². The van der Waals surface area contributed by atoms with E-state index < -0.39 is 12.1 Å². The summed E-state index contributed by atoms with van der Waals surface area (Å²) < 4.78 is 3.91. The Kier molecular flexibility index (Phi) is 13.8. The van der Waals surface area contributed by atoms with Crippen molar-refractivity contribution < 1.29 is 9.59 Å². The van der Waals surface area contributed by atoms with Gasteiger partial charge in [-0.2, -0.15) is 5.10 Å². The van der Waals surface area contributed by atoms with Gasteiger partial charge < -0.3 is 20.0 Å². The van der Waals surface area contributed by atoms with E-state index in [2.05, 4.69) is 108 Å². The van der Waals surface area contributed by atoms with Crippen LogP contribution < -0.4 is 10.2 Å². The summed E-state index contributed by atoms with van der Waals surface area (Å²) in [5, 5.41) is 19.2. The van der Waals surface area contributed by atoms with E-state index in [1.807, 2.05) is 82.8 Å². The van der Waals surface area contributed by atoms with Crippen molar-refractivity contribution in [2.75, 3.05) is 37.6 Å². The van der Waals surface area contributed by atoms with Gasteiger partial charge in [-0.3, -0.25) is 23.8 Å². The van der Waals surface area contributed by atoms with Gasteiger partial charge in [0.05, 0.1) is 40.5 Å². The smallest absolute Gasteiger partial charge is 0.248 e. The van der Waals surface area contributed by atoms with E-state index in [4.69, 9.17) is 26.7 Å². The van der Waals surface area contributed by atoms with Crippen LogP contribution in [0.15, 0.2) is 102 Å². The molecule has 3 aliphatic rings. The standard InChI is InChI=1S/C55H61ClN12O2S2/c1-31(2)51(54(70)66-28-32(3)24-46(66)35(6)60-34(5)39-10-12-41(13-11-39)52-36(7)58-30-71-52)67-29-43(27-59-67)42-16-19-47(57-26-42)64-20-22-65(23-21-64)48(69)25-45-53-63-62-38(9)68(53)55-49(33(4)37(8)72-55)50(61-45)40-14-17-44(56)18-15-40/h10-19,26-27,29-32,34,45-46,51,60H,6,20-25,28H2,1-5,7-9H3/t32-,34+,45+,46+,51-/m1/s1. The molecular weight excluding hydrogens is 960 g/mol. The number of pyridine rings is 1. The first-order valence-electron chi connectivity index (χ1n) is 24.8. The summed E-state index contributed by atoms with van der Waals surface area (Å²) in [6, 6.07) is 19.3. The van der Waals surface area contributed by atoms with E-state index in [0.29, 0.717) is 49.5 Å². The molecule has 0 aliphatic carbocycles. The maximum Gasteiger partial charge on any atom is 0.248 e. The number of carbonyl (C=O) groups is 2. The molecule has 0 unspecified atom stereocenters. The van der Waals surface area contributed by atoms with E-state index in [9.17, 15) is 9.59 Å². The number of aromatic nitrogens is 7. The molecule has 2 saturated heterocycles. The molecule has 14 nitrogen and oxygen atoms in total. The van der Waals surface area contributed by atoms with Gasteiger partial charge >= 0.3 is 0 Å². The molecule has 0 saturated carbocycles. The molecule has 7 aromatic rings. The third-order valence-corrected chi connectivity index (χ3v) is 17.0. The Balaban J connectivity index is 0.777. The molecule has 0 spiro atoms. The Hall–Kier alpha value is -6.49. The molecule has 5 aromatic heterocycles. The highest BCUT2D eigenvalue weighted by Gasteiger charge is 2.40. The van der Waals surface area contributed by atoms with Crippen molar-refractivity contribution in [2.45, 2.75) is 92.4 Å². The number of hydrogen-bond acceptors (Lipinski definition) is 12. The number of halogens is 1. The highest BCUT2D eigenvalue weighted by Crippen LogP contribution is 2.40. The van der Waals surface area contributed by atoms with Crippen molar-refractivity contribution in [2.24, 2.45) is 16.8 Å². The maximum absolute atomic E-state index is 14.6.